The molecule has 0 aromatic carbocycles. The summed E-state index contributed by atoms with van der Waals surface area (Å²) in [5.74, 6) is 0.767. The van der Waals surface area contributed by atoms with Gasteiger partial charge in [0.05, 0.1) is 5.69 Å². The molecule has 0 bridgehead atoms. The van der Waals surface area contributed by atoms with Crippen LogP contribution in [0.1, 0.15) is 43.0 Å². The summed E-state index contributed by atoms with van der Waals surface area (Å²) in [4.78, 5) is 8.88. The molecular formula is C17H27N5. The highest BCUT2D eigenvalue weighted by Crippen LogP contribution is 2.37. The average Bonchev–Trinajstić information content (AvgIpc) is 3.09. The quantitative estimate of drug-likeness (QED) is 0.804. The predicted octanol–water partition coefficient (Wildman–Crippen LogP) is 2.33. The maximum Gasteiger partial charge on any atom is 0.144 e. The van der Waals surface area contributed by atoms with Crippen molar-refractivity contribution in [3.05, 3.63) is 23.8 Å². The third kappa shape index (κ3) is 3.01. The average molecular weight is 301 g/mol. The second-order valence-electron chi connectivity index (χ2n) is 6.56. The lowest BCUT2D eigenvalue weighted by molar-refractivity contribution is 0.454. The zero-order valence-corrected chi connectivity index (χ0v) is 13.7. The molecule has 1 fully saturated rings. The van der Waals surface area contributed by atoms with E-state index < -0.39 is 0 Å². The standard InChI is InChI=1S/C17H27N5/c1-12-10-22(17-16(12)13(2)20-11-21-17)15-5-4-14(8-15)9-19-7-3-6-18/h10-11,14-15,19H,3-9,18H2,1-2H3. The van der Waals surface area contributed by atoms with Gasteiger partial charge in [-0.25, -0.2) is 9.97 Å². The number of fused-ring (bicyclic) bond motifs is 1. The summed E-state index contributed by atoms with van der Waals surface area (Å²) in [6.45, 7) is 7.16. The molecule has 120 valence electrons. The van der Waals surface area contributed by atoms with Crippen LogP contribution in [0.3, 0.4) is 0 Å². The second-order valence-corrected chi connectivity index (χ2v) is 6.56. The van der Waals surface area contributed by atoms with Gasteiger partial charge in [0.25, 0.3) is 0 Å². The molecule has 2 heterocycles. The van der Waals surface area contributed by atoms with Gasteiger partial charge in [-0.05, 0) is 70.6 Å². The van der Waals surface area contributed by atoms with Gasteiger partial charge in [-0.3, -0.25) is 0 Å². The van der Waals surface area contributed by atoms with Crippen molar-refractivity contribution in [3.8, 4) is 0 Å². The molecule has 0 radical (unpaired) electrons. The molecule has 2 aromatic rings. The molecule has 0 saturated heterocycles. The van der Waals surface area contributed by atoms with Crippen LogP contribution in [0.5, 0.6) is 0 Å². The number of hydrogen-bond acceptors (Lipinski definition) is 4. The van der Waals surface area contributed by atoms with Crippen molar-refractivity contribution in [1.82, 2.24) is 19.9 Å². The van der Waals surface area contributed by atoms with Gasteiger partial charge in [0, 0.05) is 17.6 Å². The van der Waals surface area contributed by atoms with Crippen molar-refractivity contribution in [2.24, 2.45) is 11.7 Å². The van der Waals surface area contributed by atoms with E-state index in [2.05, 4.69) is 39.9 Å². The van der Waals surface area contributed by atoms with Gasteiger partial charge in [0.15, 0.2) is 0 Å². The second kappa shape index (κ2) is 6.75. The highest BCUT2D eigenvalue weighted by atomic mass is 15.1. The molecule has 22 heavy (non-hydrogen) atoms. The van der Waals surface area contributed by atoms with E-state index in [4.69, 9.17) is 5.73 Å². The molecule has 3 rings (SSSR count). The van der Waals surface area contributed by atoms with Crippen molar-refractivity contribution < 1.29 is 0 Å². The van der Waals surface area contributed by atoms with Crippen LogP contribution < -0.4 is 11.1 Å². The van der Waals surface area contributed by atoms with Gasteiger partial charge in [-0.2, -0.15) is 0 Å². The first-order valence-corrected chi connectivity index (χ1v) is 8.40. The van der Waals surface area contributed by atoms with Crippen molar-refractivity contribution in [1.29, 1.82) is 0 Å². The van der Waals surface area contributed by atoms with Crippen LogP contribution in [0.25, 0.3) is 11.0 Å². The van der Waals surface area contributed by atoms with Crippen molar-refractivity contribution in [2.45, 2.75) is 45.6 Å². The maximum atomic E-state index is 5.53. The van der Waals surface area contributed by atoms with Crippen LogP contribution >= 0.6 is 0 Å². The third-order valence-corrected chi connectivity index (χ3v) is 4.89. The summed E-state index contributed by atoms with van der Waals surface area (Å²) >= 11 is 0. The van der Waals surface area contributed by atoms with Crippen LogP contribution in [0.15, 0.2) is 12.5 Å². The predicted molar refractivity (Wildman–Crippen MR) is 89.9 cm³/mol. The van der Waals surface area contributed by atoms with E-state index >= 15 is 0 Å². The minimum Gasteiger partial charge on any atom is -0.330 e. The summed E-state index contributed by atoms with van der Waals surface area (Å²) in [6.07, 6.45) is 8.80. The van der Waals surface area contributed by atoms with E-state index in [-0.39, 0.29) is 0 Å². The van der Waals surface area contributed by atoms with Gasteiger partial charge < -0.3 is 15.6 Å². The summed E-state index contributed by atoms with van der Waals surface area (Å²) < 4.78 is 2.39. The van der Waals surface area contributed by atoms with E-state index in [1.165, 1.54) is 30.2 Å². The van der Waals surface area contributed by atoms with Gasteiger partial charge in [-0.1, -0.05) is 0 Å². The molecule has 2 atom stereocenters. The fourth-order valence-electron chi connectivity index (χ4n) is 3.75. The number of nitrogens with two attached hydrogens (primary N) is 1. The minimum atomic E-state index is 0.576. The van der Waals surface area contributed by atoms with Gasteiger partial charge >= 0.3 is 0 Å². The van der Waals surface area contributed by atoms with Crippen LogP contribution in [-0.2, 0) is 0 Å². The van der Waals surface area contributed by atoms with Gasteiger partial charge in [0.2, 0.25) is 0 Å². The fraction of sp³-hybridized carbons (Fsp3) is 0.647. The molecule has 5 nitrogen and oxygen atoms in total. The van der Waals surface area contributed by atoms with Crippen molar-refractivity contribution >= 4 is 11.0 Å². The van der Waals surface area contributed by atoms with E-state index in [0.29, 0.717) is 6.04 Å². The Balaban J connectivity index is 1.70. The SMILES string of the molecule is Cc1cn(C2CCC(CNCCCN)C2)c2ncnc(C)c12. The lowest BCUT2D eigenvalue weighted by Gasteiger charge is -2.15. The van der Waals surface area contributed by atoms with E-state index in [0.717, 1.165) is 43.3 Å². The number of aromatic nitrogens is 3. The molecular weight excluding hydrogens is 274 g/mol. The molecule has 0 spiro atoms. The molecule has 1 aliphatic carbocycles. The first-order chi connectivity index (χ1) is 10.7. The number of nitrogens with one attached hydrogen (secondary N) is 1. The zero-order valence-electron chi connectivity index (χ0n) is 13.7. The van der Waals surface area contributed by atoms with Crippen LogP contribution in [0.2, 0.25) is 0 Å². The Hall–Kier alpha value is -1.46. The maximum absolute atomic E-state index is 5.53. The fourth-order valence-corrected chi connectivity index (χ4v) is 3.75. The molecule has 0 aliphatic heterocycles. The van der Waals surface area contributed by atoms with Crippen molar-refractivity contribution in [2.75, 3.05) is 19.6 Å². The zero-order chi connectivity index (χ0) is 15.5. The first-order valence-electron chi connectivity index (χ1n) is 8.40. The van der Waals surface area contributed by atoms with Crippen LogP contribution in [0, 0.1) is 19.8 Å². The van der Waals surface area contributed by atoms with E-state index in [9.17, 15) is 0 Å². The normalized spacial score (nSPS) is 21.8. The highest BCUT2D eigenvalue weighted by Gasteiger charge is 2.27. The number of rotatable bonds is 6. The van der Waals surface area contributed by atoms with Crippen LogP contribution in [-0.4, -0.2) is 34.2 Å². The lowest BCUT2D eigenvalue weighted by Crippen LogP contribution is -2.24. The van der Waals surface area contributed by atoms with Crippen molar-refractivity contribution in [3.63, 3.8) is 0 Å². The number of aryl methyl sites for hydroxylation is 2. The van der Waals surface area contributed by atoms with E-state index in [1.807, 2.05) is 0 Å². The third-order valence-electron chi connectivity index (χ3n) is 4.89. The molecule has 2 aromatic heterocycles. The Kier molecular flexibility index (Phi) is 4.74. The van der Waals surface area contributed by atoms with E-state index in [1.54, 1.807) is 6.33 Å². The molecule has 3 N–H and O–H groups in total. The number of nitrogens with zero attached hydrogens (tertiary/aromatic N) is 3. The molecule has 1 aliphatic rings. The first kappa shape index (κ1) is 15.4. The summed E-state index contributed by atoms with van der Waals surface area (Å²) in [5, 5.41) is 4.77. The van der Waals surface area contributed by atoms with Crippen LogP contribution in [0.4, 0.5) is 0 Å². The molecule has 2 unspecified atom stereocenters. The van der Waals surface area contributed by atoms with Gasteiger partial charge in [0.1, 0.15) is 12.0 Å². The van der Waals surface area contributed by atoms with Gasteiger partial charge in [-0.15, -0.1) is 0 Å². The smallest absolute Gasteiger partial charge is 0.144 e. The monoisotopic (exact) mass is 301 g/mol. The summed E-state index contributed by atoms with van der Waals surface area (Å²) in [7, 11) is 0. The largest absolute Gasteiger partial charge is 0.330 e. The molecule has 1 saturated carbocycles. The Morgan fingerprint density at radius 3 is 3.00 bits per heavy atom. The summed E-state index contributed by atoms with van der Waals surface area (Å²) in [5.41, 5.74) is 9.01. The molecule has 5 heteroatoms. The number of hydrogen-bond donors (Lipinski definition) is 2. The Bertz CT molecular complexity index is 633. The lowest BCUT2D eigenvalue weighted by atomic mass is 10.1. The minimum absolute atomic E-state index is 0.576. The Morgan fingerprint density at radius 2 is 2.18 bits per heavy atom. The molecule has 0 amide bonds. The highest BCUT2D eigenvalue weighted by molar-refractivity contribution is 5.82. The Labute approximate surface area is 132 Å². The Morgan fingerprint density at radius 1 is 1.32 bits per heavy atom. The topological polar surface area (TPSA) is 68.8 Å². The summed E-state index contributed by atoms with van der Waals surface area (Å²) in [6, 6.07) is 0.576.